The summed E-state index contributed by atoms with van der Waals surface area (Å²) < 4.78 is 15.7. The molecule has 2 aromatic rings. The lowest BCUT2D eigenvalue weighted by atomic mass is 10.2. The van der Waals surface area contributed by atoms with Crippen LogP contribution in [0.2, 0.25) is 0 Å². The van der Waals surface area contributed by atoms with Crippen molar-refractivity contribution in [3.05, 3.63) is 52.0 Å². The van der Waals surface area contributed by atoms with E-state index >= 15 is 0 Å². The maximum Gasteiger partial charge on any atom is 0.137 e. The zero-order valence-corrected chi connectivity index (χ0v) is 11.7. The minimum Gasteiger partial charge on any atom is -0.312 e. The summed E-state index contributed by atoms with van der Waals surface area (Å²) in [4.78, 5) is 0. The van der Waals surface area contributed by atoms with Crippen LogP contribution in [-0.2, 0) is 20.0 Å². The highest BCUT2D eigenvalue weighted by molar-refractivity contribution is 9.10. The predicted molar refractivity (Wildman–Crippen MR) is 72.7 cm³/mol. The molecular weight excluding hydrogens is 297 g/mol. The van der Waals surface area contributed by atoms with Gasteiger partial charge >= 0.3 is 0 Å². The van der Waals surface area contributed by atoms with Gasteiger partial charge in [0.1, 0.15) is 5.82 Å². The summed E-state index contributed by atoms with van der Waals surface area (Å²) in [6.45, 7) is 1.48. The Balaban J connectivity index is 1.82. The lowest BCUT2D eigenvalue weighted by Gasteiger charge is -2.07. The summed E-state index contributed by atoms with van der Waals surface area (Å²) >= 11 is 3.25. The summed E-state index contributed by atoms with van der Waals surface area (Å²) in [7, 11) is 1.93. The highest BCUT2D eigenvalue weighted by Crippen LogP contribution is 2.19. The molecule has 0 fully saturated rings. The second kappa shape index (κ2) is 6.11. The third-order valence-corrected chi connectivity index (χ3v) is 3.72. The second-order valence-corrected chi connectivity index (χ2v) is 4.88. The number of halogens is 2. The Morgan fingerprint density at radius 1 is 1.39 bits per heavy atom. The molecule has 0 unspecified atom stereocenters. The normalized spacial score (nSPS) is 10.8. The quantitative estimate of drug-likeness (QED) is 0.860. The lowest BCUT2D eigenvalue weighted by molar-refractivity contribution is 0.609. The zero-order chi connectivity index (χ0) is 13.0. The number of nitrogens with zero attached hydrogens (tertiary/aromatic N) is 2. The molecule has 0 bridgehead atoms. The van der Waals surface area contributed by atoms with Crippen molar-refractivity contribution in [1.29, 1.82) is 0 Å². The van der Waals surface area contributed by atoms with Crippen molar-refractivity contribution in [3.8, 4) is 0 Å². The summed E-state index contributed by atoms with van der Waals surface area (Å²) in [6, 6.07) is 7.07. The topological polar surface area (TPSA) is 29.9 Å². The Morgan fingerprint density at radius 2 is 2.22 bits per heavy atom. The molecule has 1 heterocycles. The zero-order valence-electron chi connectivity index (χ0n) is 10.2. The summed E-state index contributed by atoms with van der Waals surface area (Å²) in [5, 5.41) is 7.41. The van der Waals surface area contributed by atoms with Crippen molar-refractivity contribution in [3.63, 3.8) is 0 Å². The van der Waals surface area contributed by atoms with Crippen LogP contribution in [0.15, 0.2) is 34.9 Å². The van der Waals surface area contributed by atoms with Gasteiger partial charge in [-0.3, -0.25) is 4.68 Å². The van der Waals surface area contributed by atoms with Crippen molar-refractivity contribution in [2.75, 3.05) is 6.54 Å². The van der Waals surface area contributed by atoms with Crippen molar-refractivity contribution in [2.24, 2.45) is 7.05 Å². The third-order valence-electron chi connectivity index (χ3n) is 2.83. The molecule has 0 atom stereocenters. The van der Waals surface area contributed by atoms with Crippen molar-refractivity contribution < 1.29 is 4.39 Å². The van der Waals surface area contributed by atoms with E-state index in [0.29, 0.717) is 11.0 Å². The molecule has 0 aliphatic rings. The number of nitrogens with one attached hydrogen (secondary N) is 1. The number of hydrogen-bond acceptors (Lipinski definition) is 2. The minimum atomic E-state index is -0.221. The Morgan fingerprint density at radius 3 is 2.94 bits per heavy atom. The molecule has 0 spiro atoms. The van der Waals surface area contributed by atoms with Gasteiger partial charge < -0.3 is 5.32 Å². The molecule has 3 nitrogen and oxygen atoms in total. The first kappa shape index (κ1) is 13.2. The average Bonchev–Trinajstić information content (AvgIpc) is 2.76. The predicted octanol–water partition coefficient (Wildman–Crippen LogP) is 2.65. The van der Waals surface area contributed by atoms with Gasteiger partial charge in [-0.2, -0.15) is 5.10 Å². The molecule has 1 aromatic heterocycles. The fourth-order valence-electron chi connectivity index (χ4n) is 1.77. The maximum atomic E-state index is 13.3. The van der Waals surface area contributed by atoms with Crippen LogP contribution in [-0.4, -0.2) is 16.3 Å². The lowest BCUT2D eigenvalue weighted by Crippen LogP contribution is -2.18. The fraction of sp³-hybridized carbons (Fsp3) is 0.308. The smallest absolute Gasteiger partial charge is 0.137 e. The minimum absolute atomic E-state index is 0.221. The molecule has 18 heavy (non-hydrogen) atoms. The van der Waals surface area contributed by atoms with E-state index in [1.165, 1.54) is 11.8 Å². The monoisotopic (exact) mass is 311 g/mol. The van der Waals surface area contributed by atoms with Gasteiger partial charge in [0.2, 0.25) is 0 Å². The molecule has 5 heteroatoms. The van der Waals surface area contributed by atoms with Gasteiger partial charge in [-0.15, -0.1) is 0 Å². The highest BCUT2D eigenvalue weighted by atomic mass is 79.9. The molecule has 96 valence electrons. The SMILES string of the molecule is Cn1nccc1CCNCc1cccc(F)c1Br. The van der Waals surface area contributed by atoms with E-state index in [0.717, 1.165) is 18.5 Å². The highest BCUT2D eigenvalue weighted by Gasteiger charge is 2.04. The van der Waals surface area contributed by atoms with Crippen molar-refractivity contribution in [1.82, 2.24) is 15.1 Å². The van der Waals surface area contributed by atoms with E-state index in [2.05, 4.69) is 26.3 Å². The van der Waals surface area contributed by atoms with Gasteiger partial charge in [-0.25, -0.2) is 4.39 Å². The van der Waals surface area contributed by atoms with E-state index in [1.807, 2.05) is 23.9 Å². The van der Waals surface area contributed by atoms with E-state index in [9.17, 15) is 4.39 Å². The molecule has 0 aliphatic heterocycles. The van der Waals surface area contributed by atoms with Gasteiger partial charge in [0.05, 0.1) is 4.47 Å². The van der Waals surface area contributed by atoms with Crippen molar-refractivity contribution >= 4 is 15.9 Å². The Hall–Kier alpha value is -1.20. The standard InChI is InChI=1S/C13H15BrFN3/c1-18-11(6-8-17-18)5-7-16-9-10-3-2-4-12(15)13(10)14/h2-4,6,8,16H,5,7,9H2,1H3. The van der Waals surface area contributed by atoms with Crippen LogP contribution in [0.3, 0.4) is 0 Å². The number of rotatable bonds is 5. The van der Waals surface area contributed by atoms with Crippen LogP contribution in [0, 0.1) is 5.82 Å². The van der Waals surface area contributed by atoms with Crippen LogP contribution < -0.4 is 5.32 Å². The average molecular weight is 312 g/mol. The molecule has 0 aliphatic carbocycles. The number of aryl methyl sites for hydroxylation is 1. The first-order chi connectivity index (χ1) is 8.68. The molecule has 1 aromatic carbocycles. The molecule has 0 radical (unpaired) electrons. The van der Waals surface area contributed by atoms with Crippen molar-refractivity contribution in [2.45, 2.75) is 13.0 Å². The van der Waals surface area contributed by atoms with E-state index in [-0.39, 0.29) is 5.82 Å². The molecule has 0 saturated carbocycles. The summed E-state index contributed by atoms with van der Waals surface area (Å²) in [5.41, 5.74) is 2.11. The molecule has 1 N–H and O–H groups in total. The fourth-order valence-corrected chi connectivity index (χ4v) is 2.18. The van der Waals surface area contributed by atoms with Gasteiger partial charge in [0.15, 0.2) is 0 Å². The Kier molecular flexibility index (Phi) is 4.49. The van der Waals surface area contributed by atoms with Crippen LogP contribution >= 0.6 is 15.9 Å². The Labute approximate surface area is 114 Å². The summed E-state index contributed by atoms with van der Waals surface area (Å²) in [5.74, 6) is -0.221. The van der Waals surface area contributed by atoms with E-state index < -0.39 is 0 Å². The van der Waals surface area contributed by atoms with Crippen LogP contribution in [0.25, 0.3) is 0 Å². The molecule has 0 saturated heterocycles. The van der Waals surface area contributed by atoms with Gasteiger partial charge in [-0.05, 0) is 33.6 Å². The van der Waals surface area contributed by atoms with Gasteiger partial charge in [0.25, 0.3) is 0 Å². The van der Waals surface area contributed by atoms with Gasteiger partial charge in [-0.1, -0.05) is 12.1 Å². The molecular formula is C13H15BrFN3. The first-order valence-corrected chi connectivity index (χ1v) is 6.58. The number of aromatic nitrogens is 2. The number of hydrogen-bond donors (Lipinski definition) is 1. The maximum absolute atomic E-state index is 13.3. The summed E-state index contributed by atoms with van der Waals surface area (Å²) in [6.07, 6.45) is 2.70. The van der Waals surface area contributed by atoms with Crippen LogP contribution in [0.5, 0.6) is 0 Å². The van der Waals surface area contributed by atoms with E-state index in [1.54, 1.807) is 12.3 Å². The third kappa shape index (κ3) is 3.17. The Bertz CT molecular complexity index is 525. The van der Waals surface area contributed by atoms with Crippen LogP contribution in [0.4, 0.5) is 4.39 Å². The first-order valence-electron chi connectivity index (χ1n) is 5.79. The van der Waals surface area contributed by atoms with E-state index in [4.69, 9.17) is 0 Å². The van der Waals surface area contributed by atoms with Crippen LogP contribution in [0.1, 0.15) is 11.3 Å². The second-order valence-electron chi connectivity index (χ2n) is 4.09. The largest absolute Gasteiger partial charge is 0.312 e. The van der Waals surface area contributed by atoms with Gasteiger partial charge in [0, 0.05) is 38.4 Å². The molecule has 2 rings (SSSR count). The molecule has 0 amide bonds. The number of benzene rings is 1.